The van der Waals surface area contributed by atoms with Gasteiger partial charge in [-0.1, -0.05) is 0 Å². The second-order valence-electron chi connectivity index (χ2n) is 2.36. The summed E-state index contributed by atoms with van der Waals surface area (Å²) < 4.78 is 4.58. The zero-order chi connectivity index (χ0) is 10.3. The van der Waals surface area contributed by atoms with Crippen molar-refractivity contribution in [3.63, 3.8) is 0 Å². The first-order valence-electron chi connectivity index (χ1n) is 3.89. The number of hydrogen-bond donors (Lipinski definition) is 1. The molecule has 1 N–H and O–H groups in total. The van der Waals surface area contributed by atoms with E-state index < -0.39 is 17.9 Å². The molecule has 0 aliphatic carbocycles. The summed E-state index contributed by atoms with van der Waals surface area (Å²) in [5.41, 5.74) is 0. The van der Waals surface area contributed by atoms with Crippen molar-refractivity contribution in [1.82, 2.24) is 0 Å². The van der Waals surface area contributed by atoms with Gasteiger partial charge >= 0.3 is 11.9 Å². The molecule has 0 fully saturated rings. The lowest BCUT2D eigenvalue weighted by Crippen LogP contribution is -2.14. The summed E-state index contributed by atoms with van der Waals surface area (Å²) >= 11 is 0. The molecule has 0 saturated carbocycles. The van der Waals surface area contributed by atoms with Crippen molar-refractivity contribution in [2.45, 2.75) is 19.8 Å². The fourth-order valence-corrected chi connectivity index (χ4v) is 0.739. The molecule has 5 heteroatoms. The van der Waals surface area contributed by atoms with E-state index in [1.165, 1.54) is 0 Å². The normalized spacial score (nSPS) is 11.4. The topological polar surface area (TPSA) is 87.4 Å². The maximum absolute atomic E-state index is 10.8. The summed E-state index contributed by atoms with van der Waals surface area (Å²) in [5, 5.41) is 16.8. The first-order valence-corrected chi connectivity index (χ1v) is 3.89. The highest BCUT2D eigenvalue weighted by atomic mass is 16.5. The number of carbonyl (C=O) groups excluding carboxylic acids is 1. The molecule has 13 heavy (non-hydrogen) atoms. The number of rotatable bonds is 5. The Bertz CT molecular complexity index is 231. The van der Waals surface area contributed by atoms with Crippen LogP contribution in [0.4, 0.5) is 0 Å². The Morgan fingerprint density at radius 1 is 1.62 bits per heavy atom. The third-order valence-corrected chi connectivity index (χ3v) is 1.40. The molecule has 0 rings (SSSR count). The van der Waals surface area contributed by atoms with Crippen LogP contribution in [0.5, 0.6) is 0 Å². The molecular formula is C8H11NO4. The van der Waals surface area contributed by atoms with Gasteiger partial charge in [0.1, 0.15) is 5.92 Å². The zero-order valence-electron chi connectivity index (χ0n) is 7.32. The van der Waals surface area contributed by atoms with Gasteiger partial charge in [0, 0.05) is 6.42 Å². The van der Waals surface area contributed by atoms with E-state index in [4.69, 9.17) is 10.4 Å². The SMILES string of the molecule is CCOC(=O)CCC(C#N)C(=O)O. The van der Waals surface area contributed by atoms with Crippen LogP contribution in [0.15, 0.2) is 0 Å². The fraction of sp³-hybridized carbons (Fsp3) is 0.625. The van der Waals surface area contributed by atoms with Crippen LogP contribution in [0.2, 0.25) is 0 Å². The second kappa shape index (κ2) is 6.00. The standard InChI is InChI=1S/C8H11NO4/c1-2-13-7(10)4-3-6(5-9)8(11)12/h6H,2-4H2,1H3,(H,11,12). The van der Waals surface area contributed by atoms with Crippen molar-refractivity contribution in [1.29, 1.82) is 5.26 Å². The minimum absolute atomic E-state index is 0.00463. The van der Waals surface area contributed by atoms with Crippen LogP contribution in [0.3, 0.4) is 0 Å². The average molecular weight is 185 g/mol. The first kappa shape index (κ1) is 11.4. The highest BCUT2D eigenvalue weighted by Gasteiger charge is 2.17. The maximum Gasteiger partial charge on any atom is 0.320 e. The van der Waals surface area contributed by atoms with Crippen molar-refractivity contribution in [3.8, 4) is 6.07 Å². The number of carbonyl (C=O) groups is 2. The monoisotopic (exact) mass is 185 g/mol. The van der Waals surface area contributed by atoms with Gasteiger partial charge in [0.15, 0.2) is 0 Å². The van der Waals surface area contributed by atoms with Gasteiger partial charge in [-0.2, -0.15) is 5.26 Å². The number of esters is 1. The predicted molar refractivity (Wildman–Crippen MR) is 42.6 cm³/mol. The van der Waals surface area contributed by atoms with Crippen LogP contribution in [-0.4, -0.2) is 23.7 Å². The van der Waals surface area contributed by atoms with E-state index in [9.17, 15) is 9.59 Å². The molecule has 0 spiro atoms. The van der Waals surface area contributed by atoms with E-state index in [0.717, 1.165) is 0 Å². The molecule has 0 aromatic heterocycles. The van der Waals surface area contributed by atoms with Gasteiger partial charge < -0.3 is 9.84 Å². The van der Waals surface area contributed by atoms with Crippen molar-refractivity contribution in [2.75, 3.05) is 6.61 Å². The Hall–Kier alpha value is -1.57. The molecule has 0 aromatic rings. The lowest BCUT2D eigenvalue weighted by molar-refractivity contribution is -0.144. The van der Waals surface area contributed by atoms with Gasteiger partial charge in [0.2, 0.25) is 0 Å². The van der Waals surface area contributed by atoms with Gasteiger partial charge in [-0.25, -0.2) is 0 Å². The molecule has 5 nitrogen and oxygen atoms in total. The van der Waals surface area contributed by atoms with E-state index in [-0.39, 0.29) is 19.4 Å². The van der Waals surface area contributed by atoms with Gasteiger partial charge in [-0.15, -0.1) is 0 Å². The zero-order valence-corrected chi connectivity index (χ0v) is 7.32. The second-order valence-corrected chi connectivity index (χ2v) is 2.36. The van der Waals surface area contributed by atoms with Crippen LogP contribution in [0.25, 0.3) is 0 Å². The fourth-order valence-electron chi connectivity index (χ4n) is 0.739. The Kier molecular flexibility index (Phi) is 5.28. The summed E-state index contributed by atoms with van der Waals surface area (Å²) in [5.74, 6) is -2.79. The number of nitrogens with zero attached hydrogens (tertiary/aromatic N) is 1. The molecular weight excluding hydrogens is 174 g/mol. The van der Waals surface area contributed by atoms with E-state index in [0.29, 0.717) is 0 Å². The lowest BCUT2D eigenvalue weighted by Gasteiger charge is -2.02. The molecule has 72 valence electrons. The van der Waals surface area contributed by atoms with Gasteiger partial charge in [-0.05, 0) is 13.3 Å². The molecule has 1 atom stereocenters. The van der Waals surface area contributed by atoms with E-state index in [1.807, 2.05) is 0 Å². The Balaban J connectivity index is 3.80. The highest BCUT2D eigenvalue weighted by molar-refractivity contribution is 5.75. The first-order chi connectivity index (χ1) is 6.11. The van der Waals surface area contributed by atoms with Crippen molar-refractivity contribution >= 4 is 11.9 Å². The van der Waals surface area contributed by atoms with E-state index >= 15 is 0 Å². The number of carboxylic acids is 1. The number of carboxylic acid groups (broad SMARTS) is 1. The van der Waals surface area contributed by atoms with Crippen LogP contribution < -0.4 is 0 Å². The molecule has 0 aliphatic rings. The van der Waals surface area contributed by atoms with Crippen molar-refractivity contribution in [2.24, 2.45) is 5.92 Å². The van der Waals surface area contributed by atoms with Gasteiger partial charge in [0.25, 0.3) is 0 Å². The average Bonchev–Trinajstić information content (AvgIpc) is 2.05. The Morgan fingerprint density at radius 3 is 2.62 bits per heavy atom. The molecule has 0 aliphatic heterocycles. The van der Waals surface area contributed by atoms with Crippen LogP contribution >= 0.6 is 0 Å². The molecule has 0 radical (unpaired) electrons. The van der Waals surface area contributed by atoms with E-state index in [1.54, 1.807) is 13.0 Å². The van der Waals surface area contributed by atoms with Gasteiger partial charge in [-0.3, -0.25) is 9.59 Å². The predicted octanol–water partition coefficient (Wildman–Crippen LogP) is 0.554. The molecule has 0 aromatic carbocycles. The molecule has 1 unspecified atom stereocenters. The third kappa shape index (κ3) is 4.80. The van der Waals surface area contributed by atoms with E-state index in [2.05, 4.69) is 4.74 Å². The van der Waals surface area contributed by atoms with Crippen LogP contribution in [0, 0.1) is 17.2 Å². The molecule has 0 saturated heterocycles. The van der Waals surface area contributed by atoms with Crippen molar-refractivity contribution < 1.29 is 19.4 Å². The Morgan fingerprint density at radius 2 is 2.23 bits per heavy atom. The molecule has 0 bridgehead atoms. The smallest absolute Gasteiger partial charge is 0.320 e. The number of aliphatic carboxylic acids is 1. The summed E-state index contributed by atoms with van der Waals surface area (Å²) in [6, 6.07) is 1.59. The number of nitriles is 1. The Labute approximate surface area is 75.9 Å². The third-order valence-electron chi connectivity index (χ3n) is 1.40. The summed E-state index contributed by atoms with van der Waals surface area (Å²) in [6.07, 6.45) is -0.0248. The van der Waals surface area contributed by atoms with Crippen LogP contribution in [-0.2, 0) is 14.3 Å². The lowest BCUT2D eigenvalue weighted by atomic mass is 10.1. The minimum atomic E-state index is -1.20. The summed E-state index contributed by atoms with van der Waals surface area (Å²) in [7, 11) is 0. The minimum Gasteiger partial charge on any atom is -0.480 e. The van der Waals surface area contributed by atoms with Crippen molar-refractivity contribution in [3.05, 3.63) is 0 Å². The van der Waals surface area contributed by atoms with Gasteiger partial charge in [0.05, 0.1) is 12.7 Å². The number of ether oxygens (including phenoxy) is 1. The quantitative estimate of drug-likeness (QED) is 0.632. The highest BCUT2D eigenvalue weighted by Crippen LogP contribution is 2.06. The maximum atomic E-state index is 10.8. The summed E-state index contributed by atoms with van der Waals surface area (Å²) in [4.78, 5) is 21.1. The molecule has 0 heterocycles. The number of hydrogen-bond acceptors (Lipinski definition) is 4. The summed E-state index contributed by atoms with van der Waals surface area (Å²) in [6.45, 7) is 1.93. The largest absolute Gasteiger partial charge is 0.480 e. The van der Waals surface area contributed by atoms with Crippen LogP contribution in [0.1, 0.15) is 19.8 Å². The molecule has 0 amide bonds.